The van der Waals surface area contributed by atoms with Gasteiger partial charge in [0.15, 0.2) is 29.7 Å². The minimum absolute atomic E-state index is 0.0716. The maximum absolute atomic E-state index is 11.2. The van der Waals surface area contributed by atoms with E-state index in [1.807, 2.05) is 6.92 Å². The highest BCUT2D eigenvalue weighted by atomic mass is 32.2. The molecule has 2 heterocycles. The van der Waals surface area contributed by atoms with Gasteiger partial charge >= 0.3 is 0 Å². The van der Waals surface area contributed by atoms with E-state index in [4.69, 9.17) is 11.5 Å². The van der Waals surface area contributed by atoms with Crippen LogP contribution in [0.1, 0.15) is 43.5 Å². The molecule has 27 heavy (non-hydrogen) atoms. The standard InChI is InChI=1S/C9H14N2O2S.C8H12N2O2S/c1-3-8(10)7-4-5-11-9(6-7)14(2,12)13;1-6(9)7-3-4-10-8(5-7)13(2,11)12/h4-6,8H,3,10H2,1-2H3;3-6H,9H2,1-2H3/t8-;6-/m00/s1. The number of nitrogens with zero attached hydrogens (tertiary/aromatic N) is 2. The van der Waals surface area contributed by atoms with Gasteiger partial charge in [0, 0.05) is 37.0 Å². The second-order valence-electron chi connectivity index (χ2n) is 6.20. The number of hydrogen-bond acceptors (Lipinski definition) is 8. The molecule has 0 fully saturated rings. The van der Waals surface area contributed by atoms with Gasteiger partial charge in [-0.05, 0) is 48.7 Å². The van der Waals surface area contributed by atoms with Crippen molar-refractivity contribution in [3.8, 4) is 0 Å². The first-order chi connectivity index (χ1) is 12.4. The summed E-state index contributed by atoms with van der Waals surface area (Å²) < 4.78 is 44.6. The van der Waals surface area contributed by atoms with Gasteiger partial charge in [-0.15, -0.1) is 0 Å². The van der Waals surface area contributed by atoms with E-state index in [-0.39, 0.29) is 22.1 Å². The van der Waals surface area contributed by atoms with E-state index in [1.54, 1.807) is 19.1 Å². The van der Waals surface area contributed by atoms with E-state index in [1.165, 1.54) is 24.5 Å². The zero-order chi connectivity index (χ0) is 20.8. The third kappa shape index (κ3) is 7.33. The number of pyridine rings is 2. The molecule has 0 radical (unpaired) electrons. The first kappa shape index (κ1) is 23.2. The lowest BCUT2D eigenvalue weighted by Crippen LogP contribution is -2.10. The molecule has 10 heteroatoms. The van der Waals surface area contributed by atoms with Gasteiger partial charge in [0.25, 0.3) is 0 Å². The molecule has 0 aromatic carbocycles. The van der Waals surface area contributed by atoms with Crippen molar-refractivity contribution in [3.63, 3.8) is 0 Å². The maximum atomic E-state index is 11.2. The molecule has 2 aromatic rings. The molecule has 0 aliphatic carbocycles. The summed E-state index contributed by atoms with van der Waals surface area (Å²) in [5, 5.41) is 0.154. The maximum Gasteiger partial charge on any atom is 0.192 e. The molecular formula is C17H26N4O4S2. The highest BCUT2D eigenvalue weighted by Crippen LogP contribution is 2.16. The second kappa shape index (κ2) is 9.36. The first-order valence-corrected chi connectivity index (χ1v) is 12.0. The van der Waals surface area contributed by atoms with Crippen molar-refractivity contribution in [3.05, 3.63) is 47.8 Å². The van der Waals surface area contributed by atoms with Crippen molar-refractivity contribution in [1.29, 1.82) is 0 Å². The van der Waals surface area contributed by atoms with Crippen LogP contribution in [-0.2, 0) is 19.7 Å². The minimum Gasteiger partial charge on any atom is -0.324 e. The van der Waals surface area contributed by atoms with Crippen LogP contribution in [0.4, 0.5) is 0 Å². The van der Waals surface area contributed by atoms with Gasteiger partial charge in [0.05, 0.1) is 0 Å². The Morgan fingerprint density at radius 2 is 1.30 bits per heavy atom. The van der Waals surface area contributed by atoms with E-state index in [2.05, 4.69) is 9.97 Å². The Kier molecular flexibility index (Phi) is 8.03. The number of sulfone groups is 2. The lowest BCUT2D eigenvalue weighted by molar-refractivity contribution is 0.595. The van der Waals surface area contributed by atoms with E-state index >= 15 is 0 Å². The van der Waals surface area contributed by atoms with Crippen molar-refractivity contribution in [2.45, 2.75) is 42.4 Å². The fourth-order valence-electron chi connectivity index (χ4n) is 2.00. The molecule has 0 aliphatic rings. The summed E-state index contributed by atoms with van der Waals surface area (Å²) in [4.78, 5) is 7.53. The van der Waals surface area contributed by atoms with Gasteiger partial charge < -0.3 is 11.5 Å². The summed E-state index contributed by atoms with van der Waals surface area (Å²) >= 11 is 0. The average Bonchev–Trinajstić information content (AvgIpc) is 2.60. The fourth-order valence-corrected chi connectivity index (χ4v) is 3.21. The van der Waals surface area contributed by atoms with Gasteiger partial charge in [-0.1, -0.05) is 6.92 Å². The lowest BCUT2D eigenvalue weighted by atomic mass is 10.1. The molecule has 2 rings (SSSR count). The molecule has 0 bridgehead atoms. The quantitative estimate of drug-likeness (QED) is 0.746. The third-order valence-electron chi connectivity index (χ3n) is 3.67. The molecule has 2 aromatic heterocycles. The lowest BCUT2D eigenvalue weighted by Gasteiger charge is -2.09. The van der Waals surface area contributed by atoms with Gasteiger partial charge in [0.1, 0.15) is 0 Å². The zero-order valence-electron chi connectivity index (χ0n) is 15.8. The van der Waals surface area contributed by atoms with Crippen molar-refractivity contribution in [2.24, 2.45) is 11.5 Å². The fraction of sp³-hybridized carbons (Fsp3) is 0.412. The molecule has 2 atom stereocenters. The van der Waals surface area contributed by atoms with E-state index in [0.717, 1.165) is 30.1 Å². The van der Waals surface area contributed by atoms with E-state index in [0.29, 0.717) is 0 Å². The Labute approximate surface area is 160 Å². The first-order valence-electron chi connectivity index (χ1n) is 8.19. The predicted octanol–water partition coefficient (Wildman–Crippen LogP) is 1.40. The van der Waals surface area contributed by atoms with Crippen LogP contribution in [0.15, 0.2) is 46.7 Å². The van der Waals surface area contributed by atoms with Crippen LogP contribution in [0.2, 0.25) is 0 Å². The van der Waals surface area contributed by atoms with Gasteiger partial charge in [0.2, 0.25) is 0 Å². The largest absolute Gasteiger partial charge is 0.324 e. The summed E-state index contributed by atoms with van der Waals surface area (Å²) in [7, 11) is -6.46. The third-order valence-corrected chi connectivity index (χ3v) is 5.64. The molecule has 150 valence electrons. The smallest absolute Gasteiger partial charge is 0.192 e. The predicted molar refractivity (Wildman–Crippen MR) is 105 cm³/mol. The van der Waals surface area contributed by atoms with Crippen LogP contribution in [0.5, 0.6) is 0 Å². The monoisotopic (exact) mass is 414 g/mol. The number of hydrogen-bond donors (Lipinski definition) is 2. The van der Waals surface area contributed by atoms with Gasteiger partial charge in [-0.25, -0.2) is 26.8 Å². The Morgan fingerprint density at radius 1 is 0.889 bits per heavy atom. The SMILES string of the molecule is CC[C@H](N)c1ccnc(S(C)(=O)=O)c1.C[C@H](N)c1ccnc(S(C)(=O)=O)c1. The molecule has 4 N–H and O–H groups in total. The van der Waals surface area contributed by atoms with Crippen LogP contribution in [0.25, 0.3) is 0 Å². The number of aromatic nitrogens is 2. The molecule has 0 saturated carbocycles. The second-order valence-corrected chi connectivity index (χ2v) is 10.1. The van der Waals surface area contributed by atoms with Crippen molar-refractivity contribution in [1.82, 2.24) is 9.97 Å². The van der Waals surface area contributed by atoms with E-state index < -0.39 is 19.7 Å². The zero-order valence-corrected chi connectivity index (χ0v) is 17.5. The van der Waals surface area contributed by atoms with Crippen LogP contribution in [0.3, 0.4) is 0 Å². The van der Waals surface area contributed by atoms with Crippen LogP contribution in [-0.4, -0.2) is 39.3 Å². The number of rotatable bonds is 5. The molecule has 0 saturated heterocycles. The van der Waals surface area contributed by atoms with Gasteiger partial charge in [-0.2, -0.15) is 0 Å². The van der Waals surface area contributed by atoms with Crippen LogP contribution < -0.4 is 11.5 Å². The summed E-state index contributed by atoms with van der Waals surface area (Å²) in [6, 6.07) is 6.17. The minimum atomic E-state index is -3.23. The van der Waals surface area contributed by atoms with E-state index in [9.17, 15) is 16.8 Å². The Hall–Kier alpha value is -1.88. The topological polar surface area (TPSA) is 146 Å². The molecule has 0 aliphatic heterocycles. The summed E-state index contributed by atoms with van der Waals surface area (Å²) in [5.74, 6) is 0. The summed E-state index contributed by atoms with van der Waals surface area (Å²) in [5.41, 5.74) is 13.0. The Balaban J connectivity index is 0.000000271. The van der Waals surface area contributed by atoms with Crippen LogP contribution in [0, 0.1) is 0 Å². The average molecular weight is 415 g/mol. The molecule has 8 nitrogen and oxygen atoms in total. The number of nitrogens with two attached hydrogens (primary N) is 2. The molecule has 0 unspecified atom stereocenters. The van der Waals surface area contributed by atoms with Crippen molar-refractivity contribution >= 4 is 19.7 Å². The van der Waals surface area contributed by atoms with Gasteiger partial charge in [-0.3, -0.25) is 0 Å². The normalized spacial score (nSPS) is 14.0. The van der Waals surface area contributed by atoms with Crippen molar-refractivity contribution < 1.29 is 16.8 Å². The molecule has 0 spiro atoms. The molecule has 0 amide bonds. The highest BCUT2D eigenvalue weighted by molar-refractivity contribution is 7.90. The van der Waals surface area contributed by atoms with Crippen molar-refractivity contribution in [2.75, 3.05) is 12.5 Å². The Bertz CT molecular complexity index is 974. The Morgan fingerprint density at radius 3 is 1.67 bits per heavy atom. The summed E-state index contributed by atoms with van der Waals surface area (Å²) in [6.45, 7) is 3.74. The summed E-state index contributed by atoms with van der Waals surface area (Å²) in [6.07, 6.45) is 5.96. The van der Waals surface area contributed by atoms with Crippen LogP contribution >= 0.6 is 0 Å². The highest BCUT2D eigenvalue weighted by Gasteiger charge is 2.12. The molecular weight excluding hydrogens is 388 g/mol.